The minimum Gasteiger partial charge on any atom is -0.493 e. The topological polar surface area (TPSA) is 29.5 Å². The molecule has 1 saturated carbocycles. The van der Waals surface area contributed by atoms with Gasteiger partial charge in [-0.2, -0.15) is 0 Å². The fourth-order valence-electron chi connectivity index (χ4n) is 3.43. The molecule has 1 aliphatic carbocycles. The molecule has 1 aromatic rings. The Morgan fingerprint density at radius 1 is 1.39 bits per heavy atom. The summed E-state index contributed by atoms with van der Waals surface area (Å²) in [4.78, 5) is 0. The number of fused-ring (bicyclic) bond motifs is 1. The van der Waals surface area contributed by atoms with E-state index in [1.165, 1.54) is 31.2 Å². The highest BCUT2D eigenvalue weighted by Crippen LogP contribution is 2.41. The van der Waals surface area contributed by atoms with E-state index < -0.39 is 0 Å². The van der Waals surface area contributed by atoms with Gasteiger partial charge in [0.15, 0.2) is 0 Å². The van der Waals surface area contributed by atoms with Gasteiger partial charge in [0.25, 0.3) is 0 Å². The zero-order valence-electron chi connectivity index (χ0n) is 11.1. The summed E-state index contributed by atoms with van der Waals surface area (Å²) in [5.41, 5.74) is 2.34. The van der Waals surface area contributed by atoms with Crippen LogP contribution in [0.5, 0.6) is 5.75 Å². The van der Waals surface area contributed by atoms with E-state index in [0.717, 1.165) is 30.3 Å². The Morgan fingerprint density at radius 3 is 3.06 bits per heavy atom. The van der Waals surface area contributed by atoms with E-state index in [4.69, 9.17) is 4.74 Å². The van der Waals surface area contributed by atoms with Crippen molar-refractivity contribution in [1.82, 2.24) is 0 Å². The second-order valence-electron chi connectivity index (χ2n) is 5.76. The highest BCUT2D eigenvalue weighted by atomic mass is 16.5. The molecule has 0 radical (unpaired) electrons. The first-order valence-electron chi connectivity index (χ1n) is 7.21. The van der Waals surface area contributed by atoms with Crippen molar-refractivity contribution in [2.45, 2.75) is 45.1 Å². The summed E-state index contributed by atoms with van der Waals surface area (Å²) >= 11 is 0. The average Bonchev–Trinajstić information content (AvgIpc) is 3.05. The molecule has 1 N–H and O–H groups in total. The first-order valence-corrected chi connectivity index (χ1v) is 7.21. The summed E-state index contributed by atoms with van der Waals surface area (Å²) in [5, 5.41) is 10.5. The van der Waals surface area contributed by atoms with Crippen LogP contribution in [0.4, 0.5) is 0 Å². The van der Waals surface area contributed by atoms with Crippen molar-refractivity contribution >= 4 is 0 Å². The van der Waals surface area contributed by atoms with Gasteiger partial charge in [-0.25, -0.2) is 0 Å². The molecule has 3 unspecified atom stereocenters. The van der Waals surface area contributed by atoms with Gasteiger partial charge < -0.3 is 9.84 Å². The first-order chi connectivity index (χ1) is 8.78. The Hall–Kier alpha value is -1.02. The van der Waals surface area contributed by atoms with Crippen LogP contribution in [0.2, 0.25) is 0 Å². The Morgan fingerprint density at radius 2 is 2.28 bits per heavy atom. The molecule has 0 amide bonds. The Bertz CT molecular complexity index is 427. The maximum absolute atomic E-state index is 10.5. The quantitative estimate of drug-likeness (QED) is 0.884. The van der Waals surface area contributed by atoms with Gasteiger partial charge in [0.05, 0.1) is 12.7 Å². The smallest absolute Gasteiger partial charge is 0.122 e. The van der Waals surface area contributed by atoms with E-state index in [1.807, 2.05) is 12.1 Å². The SMILES string of the molecule is CCC1CCC(C(O)c2ccc3c(c2)CCO3)C1. The van der Waals surface area contributed by atoms with Crippen molar-refractivity contribution in [3.8, 4) is 5.75 Å². The van der Waals surface area contributed by atoms with Crippen molar-refractivity contribution in [2.24, 2.45) is 11.8 Å². The first kappa shape index (κ1) is 12.0. The molecule has 18 heavy (non-hydrogen) atoms. The number of ether oxygens (including phenoxy) is 1. The van der Waals surface area contributed by atoms with Crippen LogP contribution in [0.15, 0.2) is 18.2 Å². The Kier molecular flexibility index (Phi) is 3.29. The highest BCUT2D eigenvalue weighted by Gasteiger charge is 2.30. The van der Waals surface area contributed by atoms with Crippen LogP contribution in [0.3, 0.4) is 0 Å². The van der Waals surface area contributed by atoms with Gasteiger partial charge in [-0.1, -0.05) is 25.8 Å². The molecule has 1 aromatic carbocycles. The predicted octanol–water partition coefficient (Wildman–Crippen LogP) is 3.48. The fraction of sp³-hybridized carbons (Fsp3) is 0.625. The molecule has 3 atom stereocenters. The third-order valence-corrected chi connectivity index (χ3v) is 4.66. The molecule has 98 valence electrons. The summed E-state index contributed by atoms with van der Waals surface area (Å²) in [6, 6.07) is 6.20. The van der Waals surface area contributed by atoms with Gasteiger partial charge in [0, 0.05) is 6.42 Å². The van der Waals surface area contributed by atoms with Crippen LogP contribution in [-0.2, 0) is 6.42 Å². The van der Waals surface area contributed by atoms with Crippen LogP contribution in [0.25, 0.3) is 0 Å². The number of hydrogen-bond acceptors (Lipinski definition) is 2. The van der Waals surface area contributed by atoms with Gasteiger partial charge in [0.1, 0.15) is 5.75 Å². The van der Waals surface area contributed by atoms with Gasteiger partial charge in [-0.3, -0.25) is 0 Å². The van der Waals surface area contributed by atoms with E-state index in [0.29, 0.717) is 5.92 Å². The zero-order chi connectivity index (χ0) is 12.5. The molecule has 0 saturated heterocycles. The van der Waals surface area contributed by atoms with E-state index >= 15 is 0 Å². The van der Waals surface area contributed by atoms with Gasteiger partial charge in [-0.05, 0) is 47.9 Å². The minimum atomic E-state index is -0.285. The normalized spacial score (nSPS) is 27.9. The minimum absolute atomic E-state index is 0.285. The summed E-state index contributed by atoms with van der Waals surface area (Å²) in [6.45, 7) is 3.04. The lowest BCUT2D eigenvalue weighted by molar-refractivity contribution is 0.109. The molecule has 0 aromatic heterocycles. The van der Waals surface area contributed by atoms with E-state index in [9.17, 15) is 5.11 Å². The third kappa shape index (κ3) is 2.14. The van der Waals surface area contributed by atoms with Crippen LogP contribution < -0.4 is 4.74 Å². The molecule has 1 fully saturated rings. The average molecular weight is 246 g/mol. The molecule has 2 nitrogen and oxygen atoms in total. The van der Waals surface area contributed by atoms with Crippen molar-refractivity contribution in [1.29, 1.82) is 0 Å². The second kappa shape index (κ2) is 4.93. The lowest BCUT2D eigenvalue weighted by atomic mass is 9.92. The molecule has 3 rings (SSSR count). The maximum atomic E-state index is 10.5. The summed E-state index contributed by atoms with van der Waals surface area (Å²) in [6.07, 6.45) is 5.59. The van der Waals surface area contributed by atoms with Gasteiger partial charge in [0.2, 0.25) is 0 Å². The number of aliphatic hydroxyl groups excluding tert-OH is 1. The largest absolute Gasteiger partial charge is 0.493 e. The van der Waals surface area contributed by atoms with Crippen molar-refractivity contribution < 1.29 is 9.84 Å². The number of aliphatic hydroxyl groups is 1. The number of benzene rings is 1. The number of rotatable bonds is 3. The highest BCUT2D eigenvalue weighted by molar-refractivity contribution is 5.40. The van der Waals surface area contributed by atoms with Gasteiger partial charge in [-0.15, -0.1) is 0 Å². The summed E-state index contributed by atoms with van der Waals surface area (Å²) in [5.74, 6) is 2.28. The second-order valence-corrected chi connectivity index (χ2v) is 5.76. The monoisotopic (exact) mass is 246 g/mol. The third-order valence-electron chi connectivity index (χ3n) is 4.66. The fourth-order valence-corrected chi connectivity index (χ4v) is 3.43. The van der Waals surface area contributed by atoms with E-state index in [2.05, 4.69) is 13.0 Å². The van der Waals surface area contributed by atoms with Gasteiger partial charge >= 0.3 is 0 Å². The molecule has 0 bridgehead atoms. The molecule has 1 aliphatic heterocycles. The molecular weight excluding hydrogens is 224 g/mol. The van der Waals surface area contributed by atoms with Crippen LogP contribution in [0, 0.1) is 11.8 Å². The maximum Gasteiger partial charge on any atom is 0.122 e. The molecular formula is C16H22O2. The van der Waals surface area contributed by atoms with Crippen molar-refractivity contribution in [2.75, 3.05) is 6.61 Å². The van der Waals surface area contributed by atoms with Crippen molar-refractivity contribution in [3.05, 3.63) is 29.3 Å². The zero-order valence-corrected chi connectivity index (χ0v) is 11.1. The van der Waals surface area contributed by atoms with E-state index in [1.54, 1.807) is 0 Å². The van der Waals surface area contributed by atoms with Crippen LogP contribution >= 0.6 is 0 Å². The van der Waals surface area contributed by atoms with Crippen LogP contribution in [0.1, 0.15) is 49.8 Å². The molecule has 2 aliphatic rings. The number of hydrogen-bond donors (Lipinski definition) is 1. The molecule has 2 heteroatoms. The molecule has 0 spiro atoms. The molecule has 1 heterocycles. The summed E-state index contributed by atoms with van der Waals surface area (Å²) < 4.78 is 5.51. The Labute approximate surface area is 109 Å². The predicted molar refractivity (Wildman–Crippen MR) is 71.7 cm³/mol. The van der Waals surface area contributed by atoms with Crippen molar-refractivity contribution in [3.63, 3.8) is 0 Å². The van der Waals surface area contributed by atoms with Crippen LogP contribution in [-0.4, -0.2) is 11.7 Å². The lowest BCUT2D eigenvalue weighted by Crippen LogP contribution is -2.10. The lowest BCUT2D eigenvalue weighted by Gasteiger charge is -2.19. The standard InChI is InChI=1S/C16H22O2/c1-2-11-3-4-13(9-11)16(17)14-5-6-15-12(10-14)7-8-18-15/h5-6,10-11,13,16-17H,2-4,7-9H2,1H3. The summed E-state index contributed by atoms with van der Waals surface area (Å²) in [7, 11) is 0. The Balaban J connectivity index is 1.74. The van der Waals surface area contributed by atoms with E-state index in [-0.39, 0.29) is 6.10 Å².